The van der Waals surface area contributed by atoms with Gasteiger partial charge in [-0.1, -0.05) is 11.6 Å². The molecule has 1 atom stereocenters. The quantitative estimate of drug-likeness (QED) is 0.684. The lowest BCUT2D eigenvalue weighted by Crippen LogP contribution is -2.05. The summed E-state index contributed by atoms with van der Waals surface area (Å²) >= 11 is 5.97. The van der Waals surface area contributed by atoms with Gasteiger partial charge in [-0.3, -0.25) is 0 Å². The maximum atomic E-state index is 5.98. The van der Waals surface area contributed by atoms with Crippen molar-refractivity contribution < 1.29 is 0 Å². The number of aromatic nitrogens is 1. The van der Waals surface area contributed by atoms with E-state index < -0.39 is 0 Å². The number of nitrogens with two attached hydrogens (primary N) is 1. The van der Waals surface area contributed by atoms with Crippen LogP contribution >= 0.6 is 11.6 Å². The van der Waals surface area contributed by atoms with Gasteiger partial charge in [-0.15, -0.1) is 0 Å². The average molecular weight is 207 g/mol. The van der Waals surface area contributed by atoms with Gasteiger partial charge in [-0.2, -0.15) is 0 Å². The molecular weight excluding hydrogens is 196 g/mol. The summed E-state index contributed by atoms with van der Waals surface area (Å²) in [6.45, 7) is 0. The summed E-state index contributed by atoms with van der Waals surface area (Å²) in [7, 11) is 0. The highest BCUT2D eigenvalue weighted by Crippen LogP contribution is 2.35. The average Bonchev–Trinajstić information content (AvgIpc) is 2.67. The van der Waals surface area contributed by atoms with E-state index in [4.69, 9.17) is 17.3 Å². The third kappa shape index (κ3) is 1.01. The molecule has 0 spiro atoms. The van der Waals surface area contributed by atoms with Crippen molar-refractivity contribution in [3.63, 3.8) is 0 Å². The van der Waals surface area contributed by atoms with Gasteiger partial charge < -0.3 is 10.7 Å². The fourth-order valence-electron chi connectivity index (χ4n) is 2.27. The van der Waals surface area contributed by atoms with Crippen molar-refractivity contribution >= 4 is 22.5 Å². The van der Waals surface area contributed by atoms with Crippen LogP contribution < -0.4 is 5.73 Å². The van der Waals surface area contributed by atoms with Gasteiger partial charge in [0.05, 0.1) is 0 Å². The van der Waals surface area contributed by atoms with Crippen LogP contribution in [0.25, 0.3) is 10.9 Å². The SMILES string of the molecule is NC1CCc2c1[nH]c1ccc(Cl)cc21. The molecule has 0 amide bonds. The number of hydrogen-bond acceptors (Lipinski definition) is 1. The van der Waals surface area contributed by atoms with Crippen molar-refractivity contribution in [1.82, 2.24) is 4.98 Å². The van der Waals surface area contributed by atoms with Gasteiger partial charge in [0, 0.05) is 27.7 Å². The summed E-state index contributed by atoms with van der Waals surface area (Å²) in [5, 5.41) is 2.03. The van der Waals surface area contributed by atoms with Gasteiger partial charge in [0.1, 0.15) is 0 Å². The van der Waals surface area contributed by atoms with Gasteiger partial charge in [0.15, 0.2) is 0 Å². The number of benzene rings is 1. The first-order chi connectivity index (χ1) is 6.75. The van der Waals surface area contributed by atoms with Crippen molar-refractivity contribution in [2.75, 3.05) is 0 Å². The van der Waals surface area contributed by atoms with Gasteiger partial charge in [0.25, 0.3) is 0 Å². The summed E-state index contributed by atoms with van der Waals surface area (Å²) in [6, 6.07) is 6.12. The zero-order chi connectivity index (χ0) is 9.71. The number of H-pyrrole nitrogens is 1. The molecule has 1 aliphatic carbocycles. The second-order valence-corrected chi connectivity index (χ2v) is 4.29. The summed E-state index contributed by atoms with van der Waals surface area (Å²) in [4.78, 5) is 3.37. The lowest BCUT2D eigenvalue weighted by atomic mass is 10.1. The molecule has 72 valence electrons. The highest BCUT2D eigenvalue weighted by Gasteiger charge is 2.23. The van der Waals surface area contributed by atoms with Crippen molar-refractivity contribution in [3.8, 4) is 0 Å². The van der Waals surface area contributed by atoms with Crippen LogP contribution in [0.5, 0.6) is 0 Å². The molecule has 2 aromatic rings. The van der Waals surface area contributed by atoms with Crippen molar-refractivity contribution in [2.24, 2.45) is 5.73 Å². The van der Waals surface area contributed by atoms with Gasteiger partial charge in [-0.25, -0.2) is 0 Å². The first-order valence-electron chi connectivity index (χ1n) is 4.81. The molecular formula is C11H11ClN2. The molecule has 2 nitrogen and oxygen atoms in total. The maximum absolute atomic E-state index is 5.98. The Hall–Kier alpha value is -0.990. The lowest BCUT2D eigenvalue weighted by Gasteiger charge is -1.99. The minimum atomic E-state index is 0.177. The standard InChI is InChI=1S/C11H11ClN2/c12-6-1-4-10-8(5-6)7-2-3-9(13)11(7)14-10/h1,4-5,9,14H,2-3,13H2. The lowest BCUT2D eigenvalue weighted by molar-refractivity contribution is 0.699. The van der Waals surface area contributed by atoms with Gasteiger partial charge >= 0.3 is 0 Å². The van der Waals surface area contributed by atoms with E-state index in [0.29, 0.717) is 0 Å². The third-order valence-corrected chi connectivity index (χ3v) is 3.21. The van der Waals surface area contributed by atoms with E-state index in [2.05, 4.69) is 4.98 Å². The van der Waals surface area contributed by atoms with Crippen molar-refractivity contribution in [1.29, 1.82) is 0 Å². The second-order valence-electron chi connectivity index (χ2n) is 3.85. The molecule has 3 N–H and O–H groups in total. The third-order valence-electron chi connectivity index (χ3n) is 2.98. The van der Waals surface area contributed by atoms with E-state index in [1.54, 1.807) is 0 Å². The van der Waals surface area contributed by atoms with E-state index in [9.17, 15) is 0 Å². The van der Waals surface area contributed by atoms with Crippen LogP contribution in [0.3, 0.4) is 0 Å². The van der Waals surface area contributed by atoms with Crippen LogP contribution in [0.1, 0.15) is 23.7 Å². The molecule has 1 aromatic carbocycles. The Morgan fingerprint density at radius 1 is 1.43 bits per heavy atom. The van der Waals surface area contributed by atoms with Gasteiger partial charge in [-0.05, 0) is 36.6 Å². The monoisotopic (exact) mass is 206 g/mol. The Bertz CT molecular complexity index is 501. The molecule has 3 rings (SSSR count). The number of nitrogens with one attached hydrogen (secondary N) is 1. The molecule has 0 bridgehead atoms. The normalized spacial score (nSPS) is 20.3. The molecule has 1 unspecified atom stereocenters. The summed E-state index contributed by atoms with van der Waals surface area (Å²) in [5.41, 5.74) is 9.68. The fourth-order valence-corrected chi connectivity index (χ4v) is 2.44. The smallest absolute Gasteiger partial charge is 0.0460 e. The largest absolute Gasteiger partial charge is 0.357 e. The number of halogens is 1. The van der Waals surface area contributed by atoms with E-state index in [1.165, 1.54) is 16.6 Å². The summed E-state index contributed by atoms with van der Waals surface area (Å²) in [5.74, 6) is 0. The van der Waals surface area contributed by atoms with Crippen LogP contribution in [-0.2, 0) is 6.42 Å². The van der Waals surface area contributed by atoms with Crippen LogP contribution in [0, 0.1) is 0 Å². The van der Waals surface area contributed by atoms with Gasteiger partial charge in [0.2, 0.25) is 0 Å². The van der Waals surface area contributed by atoms with Crippen LogP contribution in [0.2, 0.25) is 5.02 Å². The van der Waals surface area contributed by atoms with Crippen molar-refractivity contribution in [3.05, 3.63) is 34.5 Å². The Kier molecular flexibility index (Phi) is 1.64. The number of rotatable bonds is 0. The molecule has 3 heteroatoms. The minimum Gasteiger partial charge on any atom is -0.357 e. The molecule has 1 aliphatic rings. The van der Waals surface area contributed by atoms with Crippen LogP contribution in [0.15, 0.2) is 18.2 Å². The molecule has 0 fully saturated rings. The highest BCUT2D eigenvalue weighted by atomic mass is 35.5. The molecule has 1 heterocycles. The first kappa shape index (κ1) is 8.33. The van der Waals surface area contributed by atoms with E-state index >= 15 is 0 Å². The van der Waals surface area contributed by atoms with Crippen molar-refractivity contribution in [2.45, 2.75) is 18.9 Å². The Morgan fingerprint density at radius 2 is 2.29 bits per heavy atom. The zero-order valence-corrected chi connectivity index (χ0v) is 8.43. The molecule has 0 saturated heterocycles. The molecule has 14 heavy (non-hydrogen) atoms. The highest BCUT2D eigenvalue weighted by molar-refractivity contribution is 6.31. The number of fused-ring (bicyclic) bond motifs is 3. The maximum Gasteiger partial charge on any atom is 0.0460 e. The zero-order valence-electron chi connectivity index (χ0n) is 7.68. The Labute approximate surface area is 87.1 Å². The predicted octanol–water partition coefficient (Wildman–Crippen LogP) is 2.77. The first-order valence-corrected chi connectivity index (χ1v) is 5.19. The molecule has 0 radical (unpaired) electrons. The van der Waals surface area contributed by atoms with Crippen LogP contribution in [0.4, 0.5) is 0 Å². The fraction of sp³-hybridized carbons (Fsp3) is 0.273. The predicted molar refractivity (Wildman–Crippen MR) is 58.6 cm³/mol. The Balaban J connectivity index is 2.36. The summed E-state index contributed by atoms with van der Waals surface area (Å²) < 4.78 is 0. The summed E-state index contributed by atoms with van der Waals surface area (Å²) in [6.07, 6.45) is 2.11. The molecule has 0 saturated carbocycles. The number of aromatic amines is 1. The number of aryl methyl sites for hydroxylation is 1. The molecule has 0 aliphatic heterocycles. The van der Waals surface area contributed by atoms with Crippen LogP contribution in [-0.4, -0.2) is 4.98 Å². The van der Waals surface area contributed by atoms with E-state index in [0.717, 1.165) is 23.4 Å². The van der Waals surface area contributed by atoms with E-state index in [1.807, 2.05) is 18.2 Å². The minimum absolute atomic E-state index is 0.177. The van der Waals surface area contributed by atoms with E-state index in [-0.39, 0.29) is 6.04 Å². The number of hydrogen-bond donors (Lipinski definition) is 2. The molecule has 1 aromatic heterocycles. The Morgan fingerprint density at radius 3 is 3.14 bits per heavy atom. The second kappa shape index (κ2) is 2.75. The topological polar surface area (TPSA) is 41.8 Å².